The van der Waals surface area contributed by atoms with Gasteiger partial charge >= 0.3 is 0 Å². The molecule has 0 radical (unpaired) electrons. The fourth-order valence-corrected chi connectivity index (χ4v) is 3.13. The van der Waals surface area contributed by atoms with Crippen LogP contribution in [0.1, 0.15) is 5.56 Å². The molecule has 0 saturated carbocycles. The molecular formula is C10H14BrFN2O3S. The number of methoxy groups -OCH3 is 1. The Kier molecular flexibility index (Phi) is 5.67. The first-order valence-corrected chi connectivity index (χ1v) is 7.36. The molecule has 0 atom stereocenters. The first kappa shape index (κ1) is 15.5. The number of halogens is 2. The number of benzene rings is 1. The van der Waals surface area contributed by atoms with Crippen LogP contribution in [0.2, 0.25) is 0 Å². The maximum absolute atomic E-state index is 13.9. The number of rotatable bonds is 6. The Labute approximate surface area is 114 Å². The van der Waals surface area contributed by atoms with Crippen LogP contribution in [0.3, 0.4) is 0 Å². The summed E-state index contributed by atoms with van der Waals surface area (Å²) in [5.74, 6) is -0.828. The van der Waals surface area contributed by atoms with Gasteiger partial charge in [-0.1, -0.05) is 15.9 Å². The Hall–Kier alpha value is -0.540. The molecule has 18 heavy (non-hydrogen) atoms. The summed E-state index contributed by atoms with van der Waals surface area (Å²) in [5, 5.41) is 0. The van der Waals surface area contributed by atoms with Gasteiger partial charge in [0.25, 0.3) is 0 Å². The molecule has 0 aliphatic carbocycles. The van der Waals surface area contributed by atoms with Crippen molar-refractivity contribution in [3.8, 4) is 0 Å². The second-order valence-corrected chi connectivity index (χ2v) is 6.12. The molecule has 1 rings (SSSR count). The molecule has 0 unspecified atom stereocenters. The Morgan fingerprint density at radius 2 is 2.17 bits per heavy atom. The lowest BCUT2D eigenvalue weighted by atomic mass is 10.2. The van der Waals surface area contributed by atoms with Crippen LogP contribution < -0.4 is 10.5 Å². The van der Waals surface area contributed by atoms with Crippen LogP contribution in [0.25, 0.3) is 0 Å². The Morgan fingerprint density at radius 3 is 2.72 bits per heavy atom. The SMILES string of the molecule is COCCNS(=O)(=O)c1cc(Br)cc(CN)c1F. The predicted octanol–water partition coefficient (Wildman–Crippen LogP) is 0.972. The quantitative estimate of drug-likeness (QED) is 0.756. The summed E-state index contributed by atoms with van der Waals surface area (Å²) in [5.41, 5.74) is 5.49. The zero-order valence-electron chi connectivity index (χ0n) is 9.74. The molecule has 0 aromatic heterocycles. The van der Waals surface area contributed by atoms with Crippen LogP contribution in [0.5, 0.6) is 0 Å². The summed E-state index contributed by atoms with van der Waals surface area (Å²) in [4.78, 5) is -0.423. The zero-order chi connectivity index (χ0) is 13.8. The molecule has 0 fully saturated rings. The molecule has 1 aromatic carbocycles. The topological polar surface area (TPSA) is 81.4 Å². The summed E-state index contributed by atoms with van der Waals surface area (Å²) >= 11 is 3.12. The first-order valence-electron chi connectivity index (χ1n) is 5.09. The smallest absolute Gasteiger partial charge is 0.243 e. The van der Waals surface area contributed by atoms with Crippen molar-refractivity contribution in [2.75, 3.05) is 20.3 Å². The minimum Gasteiger partial charge on any atom is -0.383 e. The van der Waals surface area contributed by atoms with Crippen molar-refractivity contribution in [1.29, 1.82) is 0 Å². The van der Waals surface area contributed by atoms with Gasteiger partial charge in [-0.2, -0.15) is 0 Å². The lowest BCUT2D eigenvalue weighted by Gasteiger charge is -2.10. The lowest BCUT2D eigenvalue weighted by Crippen LogP contribution is -2.28. The van der Waals surface area contributed by atoms with E-state index in [1.807, 2.05) is 0 Å². The van der Waals surface area contributed by atoms with Gasteiger partial charge in [-0.3, -0.25) is 0 Å². The summed E-state index contributed by atoms with van der Waals surface area (Å²) in [6.45, 7) is 0.202. The third-order valence-corrected chi connectivity index (χ3v) is 4.11. The van der Waals surface area contributed by atoms with Crippen LogP contribution in [-0.2, 0) is 21.3 Å². The molecule has 0 spiro atoms. The van der Waals surface area contributed by atoms with Crippen LogP contribution >= 0.6 is 15.9 Å². The van der Waals surface area contributed by atoms with Crippen molar-refractivity contribution in [2.24, 2.45) is 5.73 Å². The van der Waals surface area contributed by atoms with Crippen LogP contribution in [0.15, 0.2) is 21.5 Å². The first-order chi connectivity index (χ1) is 8.42. The Bertz CT molecular complexity index is 522. The second-order valence-electron chi connectivity index (χ2n) is 3.47. The van der Waals surface area contributed by atoms with Crippen LogP contribution in [0, 0.1) is 5.82 Å². The largest absolute Gasteiger partial charge is 0.383 e. The van der Waals surface area contributed by atoms with Crippen molar-refractivity contribution < 1.29 is 17.5 Å². The molecule has 0 bridgehead atoms. The fourth-order valence-electron chi connectivity index (χ4n) is 1.32. The number of hydrogen-bond donors (Lipinski definition) is 2. The minimum absolute atomic E-state index is 0.0722. The van der Waals surface area contributed by atoms with Gasteiger partial charge in [0.05, 0.1) is 6.61 Å². The molecular weight excluding hydrogens is 327 g/mol. The van der Waals surface area contributed by atoms with E-state index in [9.17, 15) is 12.8 Å². The predicted molar refractivity (Wildman–Crippen MR) is 69.1 cm³/mol. The normalized spacial score (nSPS) is 11.8. The van der Waals surface area contributed by atoms with E-state index >= 15 is 0 Å². The molecule has 0 heterocycles. The van der Waals surface area contributed by atoms with Gasteiger partial charge in [0.1, 0.15) is 10.7 Å². The van der Waals surface area contributed by atoms with Gasteiger partial charge in [0.2, 0.25) is 10.0 Å². The molecule has 5 nitrogen and oxygen atoms in total. The average molecular weight is 341 g/mol. The van der Waals surface area contributed by atoms with E-state index < -0.39 is 20.7 Å². The standard InChI is InChI=1S/C10H14BrFN2O3S/c1-17-3-2-14-18(15,16)9-5-8(11)4-7(6-13)10(9)12/h4-5,14H,2-3,6,13H2,1H3. The van der Waals surface area contributed by atoms with Gasteiger partial charge in [-0.15, -0.1) is 0 Å². The van der Waals surface area contributed by atoms with E-state index in [0.29, 0.717) is 4.47 Å². The van der Waals surface area contributed by atoms with Crippen molar-refractivity contribution in [3.05, 3.63) is 28.0 Å². The Morgan fingerprint density at radius 1 is 1.50 bits per heavy atom. The number of sulfonamides is 1. The molecule has 0 aliphatic rings. The fraction of sp³-hybridized carbons (Fsp3) is 0.400. The van der Waals surface area contributed by atoms with Crippen LogP contribution in [-0.4, -0.2) is 28.7 Å². The number of hydrogen-bond acceptors (Lipinski definition) is 4. The second kappa shape index (κ2) is 6.58. The maximum Gasteiger partial charge on any atom is 0.243 e. The third-order valence-electron chi connectivity index (χ3n) is 2.19. The number of nitrogens with two attached hydrogens (primary N) is 1. The molecule has 3 N–H and O–H groups in total. The third kappa shape index (κ3) is 3.72. The lowest BCUT2D eigenvalue weighted by molar-refractivity contribution is 0.204. The highest BCUT2D eigenvalue weighted by Crippen LogP contribution is 2.23. The monoisotopic (exact) mass is 340 g/mol. The highest BCUT2D eigenvalue weighted by atomic mass is 79.9. The number of nitrogens with one attached hydrogen (secondary N) is 1. The van der Waals surface area contributed by atoms with Gasteiger partial charge in [0.15, 0.2) is 0 Å². The summed E-state index contributed by atoms with van der Waals surface area (Å²) in [7, 11) is -2.46. The Balaban J connectivity index is 3.12. The average Bonchev–Trinajstić information content (AvgIpc) is 2.31. The molecule has 0 amide bonds. The molecule has 0 saturated heterocycles. The van der Waals surface area contributed by atoms with Crippen molar-refractivity contribution in [1.82, 2.24) is 4.72 Å². The highest BCUT2D eigenvalue weighted by Gasteiger charge is 2.21. The zero-order valence-corrected chi connectivity index (χ0v) is 12.1. The van der Waals surface area contributed by atoms with Crippen molar-refractivity contribution >= 4 is 26.0 Å². The van der Waals surface area contributed by atoms with E-state index in [-0.39, 0.29) is 25.3 Å². The van der Waals surface area contributed by atoms with E-state index in [1.165, 1.54) is 19.2 Å². The molecule has 1 aromatic rings. The number of ether oxygens (including phenoxy) is 1. The summed E-state index contributed by atoms with van der Waals surface area (Å²) in [6.07, 6.45) is 0. The van der Waals surface area contributed by atoms with E-state index in [4.69, 9.17) is 10.5 Å². The molecule has 0 aliphatic heterocycles. The highest BCUT2D eigenvalue weighted by molar-refractivity contribution is 9.10. The van der Waals surface area contributed by atoms with Gasteiger partial charge in [-0.25, -0.2) is 17.5 Å². The summed E-state index contributed by atoms with van der Waals surface area (Å²) < 4.78 is 45.1. The van der Waals surface area contributed by atoms with Gasteiger partial charge < -0.3 is 10.5 Å². The van der Waals surface area contributed by atoms with Crippen LogP contribution in [0.4, 0.5) is 4.39 Å². The van der Waals surface area contributed by atoms with Gasteiger partial charge in [-0.05, 0) is 12.1 Å². The van der Waals surface area contributed by atoms with E-state index in [0.717, 1.165) is 0 Å². The summed E-state index contributed by atoms with van der Waals surface area (Å²) in [6, 6.07) is 2.65. The minimum atomic E-state index is -3.91. The maximum atomic E-state index is 13.9. The van der Waals surface area contributed by atoms with E-state index in [2.05, 4.69) is 20.7 Å². The molecule has 8 heteroatoms. The van der Waals surface area contributed by atoms with Crippen molar-refractivity contribution in [2.45, 2.75) is 11.4 Å². The van der Waals surface area contributed by atoms with Gasteiger partial charge in [0, 0.05) is 30.2 Å². The molecule has 102 valence electrons. The van der Waals surface area contributed by atoms with E-state index in [1.54, 1.807) is 0 Å². The van der Waals surface area contributed by atoms with Crippen molar-refractivity contribution in [3.63, 3.8) is 0 Å².